The predicted molar refractivity (Wildman–Crippen MR) is 82.5 cm³/mol. The topological polar surface area (TPSA) is 46.3 Å². The van der Waals surface area contributed by atoms with Crippen molar-refractivity contribution in [2.75, 3.05) is 6.54 Å². The molecule has 1 aliphatic rings. The highest BCUT2D eigenvalue weighted by Gasteiger charge is 2.26. The van der Waals surface area contributed by atoms with E-state index in [1.807, 2.05) is 12.1 Å². The number of rotatable bonds is 4. The Morgan fingerprint density at radius 2 is 1.90 bits per heavy atom. The second-order valence-corrected chi connectivity index (χ2v) is 5.85. The molecule has 3 heteroatoms. The summed E-state index contributed by atoms with van der Waals surface area (Å²) >= 11 is 0. The van der Waals surface area contributed by atoms with Crippen LogP contribution in [0.5, 0.6) is 0 Å². The Labute approximate surface area is 122 Å². The van der Waals surface area contributed by atoms with Gasteiger partial charge in [0.15, 0.2) is 0 Å². The summed E-state index contributed by atoms with van der Waals surface area (Å²) in [5.74, 6) is 0.252. The molecule has 20 heavy (non-hydrogen) atoms. The molecule has 1 aromatic rings. The van der Waals surface area contributed by atoms with E-state index < -0.39 is 0 Å². The Morgan fingerprint density at radius 3 is 2.50 bits per heavy atom. The highest BCUT2D eigenvalue weighted by Crippen LogP contribution is 2.23. The van der Waals surface area contributed by atoms with Gasteiger partial charge in [-0.05, 0) is 50.7 Å². The first-order valence-electron chi connectivity index (χ1n) is 7.71. The molecule has 0 aromatic heterocycles. The van der Waals surface area contributed by atoms with E-state index in [4.69, 9.17) is 5.73 Å². The van der Waals surface area contributed by atoms with Crippen molar-refractivity contribution < 1.29 is 4.79 Å². The zero-order chi connectivity index (χ0) is 14.5. The summed E-state index contributed by atoms with van der Waals surface area (Å²) in [6.07, 6.45) is 4.70. The number of nitrogens with two attached hydrogens (primary N) is 1. The van der Waals surface area contributed by atoms with Crippen LogP contribution >= 0.6 is 0 Å². The normalized spacial score (nSPS) is 22.6. The molecular weight excluding hydrogens is 248 g/mol. The zero-order valence-corrected chi connectivity index (χ0v) is 12.6. The van der Waals surface area contributed by atoms with E-state index in [1.165, 1.54) is 5.56 Å². The van der Waals surface area contributed by atoms with Crippen LogP contribution in [0.2, 0.25) is 0 Å². The van der Waals surface area contributed by atoms with E-state index >= 15 is 0 Å². The van der Waals surface area contributed by atoms with Crippen LogP contribution in [0, 0.1) is 6.92 Å². The lowest BCUT2D eigenvalue weighted by atomic mass is 9.90. The third-order valence-electron chi connectivity index (χ3n) is 4.45. The van der Waals surface area contributed by atoms with Crippen molar-refractivity contribution in [1.82, 2.24) is 4.90 Å². The average molecular weight is 274 g/mol. The van der Waals surface area contributed by atoms with Gasteiger partial charge in [0.2, 0.25) is 5.91 Å². The van der Waals surface area contributed by atoms with Crippen molar-refractivity contribution in [2.45, 2.75) is 58.0 Å². The Hall–Kier alpha value is -1.35. The molecule has 110 valence electrons. The van der Waals surface area contributed by atoms with Gasteiger partial charge in [-0.2, -0.15) is 0 Å². The SMILES string of the molecule is CCN(C(=O)Cc1ccccc1C)C1CCC(N)CC1. The van der Waals surface area contributed by atoms with E-state index in [2.05, 4.69) is 30.9 Å². The zero-order valence-electron chi connectivity index (χ0n) is 12.6. The molecule has 0 bridgehead atoms. The van der Waals surface area contributed by atoms with Gasteiger partial charge in [0.25, 0.3) is 0 Å². The van der Waals surface area contributed by atoms with Gasteiger partial charge in [-0.15, -0.1) is 0 Å². The van der Waals surface area contributed by atoms with E-state index in [9.17, 15) is 4.79 Å². The molecule has 0 atom stereocenters. The smallest absolute Gasteiger partial charge is 0.227 e. The molecule has 1 aliphatic carbocycles. The first-order chi connectivity index (χ1) is 9.61. The van der Waals surface area contributed by atoms with Gasteiger partial charge in [0.1, 0.15) is 0 Å². The quantitative estimate of drug-likeness (QED) is 0.917. The van der Waals surface area contributed by atoms with E-state index in [1.54, 1.807) is 0 Å². The highest BCUT2D eigenvalue weighted by molar-refractivity contribution is 5.79. The fourth-order valence-electron chi connectivity index (χ4n) is 3.12. The molecule has 0 aliphatic heterocycles. The predicted octanol–water partition coefficient (Wildman–Crippen LogP) is 2.66. The van der Waals surface area contributed by atoms with Crippen LogP contribution in [-0.2, 0) is 11.2 Å². The van der Waals surface area contributed by atoms with Crippen molar-refractivity contribution in [1.29, 1.82) is 0 Å². The largest absolute Gasteiger partial charge is 0.340 e. The molecule has 2 rings (SSSR count). The minimum absolute atomic E-state index is 0.252. The molecule has 0 unspecified atom stereocenters. The maximum Gasteiger partial charge on any atom is 0.227 e. The first kappa shape index (κ1) is 15.0. The Bertz CT molecular complexity index is 450. The molecule has 1 saturated carbocycles. The first-order valence-corrected chi connectivity index (χ1v) is 7.71. The van der Waals surface area contributed by atoms with Crippen molar-refractivity contribution in [3.8, 4) is 0 Å². The van der Waals surface area contributed by atoms with Crippen molar-refractivity contribution in [3.63, 3.8) is 0 Å². The van der Waals surface area contributed by atoms with Gasteiger partial charge in [-0.25, -0.2) is 0 Å². The van der Waals surface area contributed by atoms with Crippen LogP contribution in [-0.4, -0.2) is 29.4 Å². The third-order valence-corrected chi connectivity index (χ3v) is 4.45. The van der Waals surface area contributed by atoms with Crippen LogP contribution in [0.25, 0.3) is 0 Å². The highest BCUT2D eigenvalue weighted by atomic mass is 16.2. The van der Waals surface area contributed by atoms with Crippen molar-refractivity contribution >= 4 is 5.91 Å². The molecule has 1 fully saturated rings. The minimum atomic E-state index is 0.252. The molecule has 3 nitrogen and oxygen atoms in total. The van der Waals surface area contributed by atoms with Crippen LogP contribution in [0.15, 0.2) is 24.3 Å². The average Bonchev–Trinajstić information content (AvgIpc) is 2.44. The Morgan fingerprint density at radius 1 is 1.25 bits per heavy atom. The molecule has 0 saturated heterocycles. The van der Waals surface area contributed by atoms with E-state index in [0.717, 1.165) is 37.8 Å². The second kappa shape index (κ2) is 6.89. The standard InChI is InChI=1S/C17H26N2O/c1-3-19(16-10-8-15(18)9-11-16)17(20)12-14-7-5-4-6-13(14)2/h4-7,15-16H,3,8-12,18H2,1-2H3. The van der Waals surface area contributed by atoms with E-state index in [-0.39, 0.29) is 5.91 Å². The van der Waals surface area contributed by atoms with Gasteiger partial charge in [0, 0.05) is 18.6 Å². The monoisotopic (exact) mass is 274 g/mol. The summed E-state index contributed by atoms with van der Waals surface area (Å²) in [7, 11) is 0. The maximum absolute atomic E-state index is 12.6. The summed E-state index contributed by atoms with van der Waals surface area (Å²) < 4.78 is 0. The molecular formula is C17H26N2O. The summed E-state index contributed by atoms with van der Waals surface area (Å²) in [4.78, 5) is 14.6. The Balaban J connectivity index is 2.00. The van der Waals surface area contributed by atoms with Crippen LogP contribution < -0.4 is 5.73 Å². The number of benzene rings is 1. The third kappa shape index (κ3) is 3.60. The van der Waals surface area contributed by atoms with Gasteiger partial charge < -0.3 is 10.6 Å². The molecule has 0 spiro atoms. The molecule has 1 aromatic carbocycles. The molecule has 2 N–H and O–H groups in total. The minimum Gasteiger partial charge on any atom is -0.340 e. The number of hydrogen-bond donors (Lipinski definition) is 1. The van der Waals surface area contributed by atoms with Crippen LogP contribution in [0.3, 0.4) is 0 Å². The van der Waals surface area contributed by atoms with Crippen molar-refractivity contribution in [2.24, 2.45) is 5.73 Å². The fraction of sp³-hybridized carbons (Fsp3) is 0.588. The second-order valence-electron chi connectivity index (χ2n) is 5.85. The van der Waals surface area contributed by atoms with E-state index in [0.29, 0.717) is 18.5 Å². The number of nitrogens with zero attached hydrogens (tertiary/aromatic N) is 1. The summed E-state index contributed by atoms with van der Waals surface area (Å²) in [5.41, 5.74) is 8.29. The lowest BCUT2D eigenvalue weighted by Crippen LogP contribution is -2.44. The Kier molecular flexibility index (Phi) is 5.18. The van der Waals surface area contributed by atoms with Gasteiger partial charge in [0.05, 0.1) is 6.42 Å². The molecule has 1 amide bonds. The van der Waals surface area contributed by atoms with Crippen molar-refractivity contribution in [3.05, 3.63) is 35.4 Å². The number of hydrogen-bond acceptors (Lipinski definition) is 2. The fourth-order valence-corrected chi connectivity index (χ4v) is 3.12. The van der Waals surface area contributed by atoms with Gasteiger partial charge >= 0.3 is 0 Å². The van der Waals surface area contributed by atoms with Gasteiger partial charge in [-0.3, -0.25) is 4.79 Å². The van der Waals surface area contributed by atoms with Crippen LogP contribution in [0.4, 0.5) is 0 Å². The number of aryl methyl sites for hydroxylation is 1. The summed E-state index contributed by atoms with van der Waals surface area (Å²) in [6, 6.07) is 8.86. The molecule has 0 radical (unpaired) electrons. The lowest BCUT2D eigenvalue weighted by Gasteiger charge is -2.35. The van der Waals surface area contributed by atoms with Gasteiger partial charge in [-0.1, -0.05) is 24.3 Å². The summed E-state index contributed by atoms with van der Waals surface area (Å²) in [6.45, 7) is 4.94. The summed E-state index contributed by atoms with van der Waals surface area (Å²) in [5, 5.41) is 0. The number of carbonyl (C=O) groups is 1. The number of likely N-dealkylation sites (N-methyl/N-ethyl adjacent to an activating group) is 1. The lowest BCUT2D eigenvalue weighted by molar-refractivity contribution is -0.133. The number of carbonyl (C=O) groups excluding carboxylic acids is 1. The molecule has 0 heterocycles. The number of amides is 1. The van der Waals surface area contributed by atoms with Crippen LogP contribution in [0.1, 0.15) is 43.7 Å². The maximum atomic E-state index is 12.6.